The molecule has 4 rings (SSSR count). The molecule has 0 spiro atoms. The number of nitrogens with zero attached hydrogens (tertiary/aromatic N) is 3. The molecule has 0 aliphatic carbocycles. The number of alkyl halides is 9. The van der Waals surface area contributed by atoms with Gasteiger partial charge in [-0.05, 0) is 41.8 Å². The Bertz CT molecular complexity index is 1370. The highest BCUT2D eigenvalue weighted by atomic mass is 19.4. The second kappa shape index (κ2) is 17.8. The van der Waals surface area contributed by atoms with Crippen LogP contribution in [-0.2, 0) is 38.6 Å². The van der Waals surface area contributed by atoms with Crippen molar-refractivity contribution in [2.24, 2.45) is 0 Å². The molecule has 3 aromatic rings. The SMILES string of the molecule is Fc1ccc(CNCC2OCCc3cn(Cc4ccccn4)nc32)cc1.O=C(O)C(F)(F)F.O=C(O)C(F)(F)F.O=C(O)C(F)(F)F. The summed E-state index contributed by atoms with van der Waals surface area (Å²) in [5.41, 5.74) is 4.27. The molecule has 0 saturated heterocycles. The van der Waals surface area contributed by atoms with E-state index in [4.69, 9.17) is 39.5 Å². The number of nitrogens with one attached hydrogen (secondary N) is 1. The zero-order valence-electron chi connectivity index (χ0n) is 23.4. The molecule has 4 N–H and O–H groups in total. The number of carboxylic acids is 3. The minimum absolute atomic E-state index is 0.0656. The molecule has 1 aliphatic rings. The van der Waals surface area contributed by atoms with Gasteiger partial charge < -0.3 is 25.4 Å². The number of fused-ring (bicyclic) bond motifs is 1. The van der Waals surface area contributed by atoms with Gasteiger partial charge in [0.15, 0.2) is 0 Å². The number of pyridine rings is 1. The van der Waals surface area contributed by atoms with Crippen LogP contribution in [0.4, 0.5) is 43.9 Å². The van der Waals surface area contributed by atoms with E-state index in [2.05, 4.69) is 16.5 Å². The number of hydrogen-bond acceptors (Lipinski definition) is 7. The van der Waals surface area contributed by atoms with Crippen molar-refractivity contribution in [3.63, 3.8) is 0 Å². The lowest BCUT2D eigenvalue weighted by Gasteiger charge is -2.22. The molecule has 11 nitrogen and oxygen atoms in total. The second-order valence-electron chi connectivity index (χ2n) is 8.83. The van der Waals surface area contributed by atoms with E-state index >= 15 is 0 Å². The normalized spacial score (nSPS) is 14.1. The first kappa shape index (κ1) is 40.2. The van der Waals surface area contributed by atoms with Gasteiger partial charge in [0, 0.05) is 25.5 Å². The van der Waals surface area contributed by atoms with E-state index < -0.39 is 36.4 Å². The number of aliphatic carboxylic acids is 3. The summed E-state index contributed by atoms with van der Waals surface area (Å²) in [6.07, 6.45) is -10.5. The van der Waals surface area contributed by atoms with Crippen molar-refractivity contribution >= 4 is 17.9 Å². The summed E-state index contributed by atoms with van der Waals surface area (Å²) >= 11 is 0. The van der Waals surface area contributed by atoms with Crippen molar-refractivity contribution in [3.8, 4) is 0 Å². The number of rotatable bonds is 6. The van der Waals surface area contributed by atoms with Gasteiger partial charge in [-0.2, -0.15) is 44.6 Å². The maximum atomic E-state index is 13.0. The molecule has 3 heterocycles. The molecule has 1 atom stereocenters. The number of benzene rings is 1. The highest BCUT2D eigenvalue weighted by Crippen LogP contribution is 2.25. The van der Waals surface area contributed by atoms with E-state index in [-0.39, 0.29) is 11.9 Å². The molecule has 0 fully saturated rings. The molecule has 0 radical (unpaired) electrons. The smallest absolute Gasteiger partial charge is 0.475 e. The maximum absolute atomic E-state index is 13.0. The van der Waals surface area contributed by atoms with E-state index in [0.717, 1.165) is 23.4 Å². The molecule has 0 amide bonds. The first-order valence-corrected chi connectivity index (χ1v) is 12.5. The van der Waals surface area contributed by atoms with Crippen molar-refractivity contribution in [1.82, 2.24) is 20.1 Å². The van der Waals surface area contributed by atoms with Crippen LogP contribution in [-0.4, -0.2) is 79.7 Å². The Morgan fingerprint density at radius 1 is 0.851 bits per heavy atom. The van der Waals surface area contributed by atoms with Crippen molar-refractivity contribution in [1.29, 1.82) is 0 Å². The van der Waals surface area contributed by atoms with Gasteiger partial charge in [0.1, 0.15) is 11.9 Å². The number of carboxylic acid groups (broad SMARTS) is 3. The first-order valence-electron chi connectivity index (χ1n) is 12.5. The summed E-state index contributed by atoms with van der Waals surface area (Å²) in [5, 5.41) is 29.5. The van der Waals surface area contributed by atoms with Gasteiger partial charge in [-0.25, -0.2) is 18.8 Å². The highest BCUT2D eigenvalue weighted by Gasteiger charge is 2.39. The van der Waals surface area contributed by atoms with Crippen LogP contribution in [0.3, 0.4) is 0 Å². The predicted octanol–water partition coefficient (Wildman–Crippen LogP) is 4.77. The molecule has 1 unspecified atom stereocenters. The molecule has 0 bridgehead atoms. The van der Waals surface area contributed by atoms with E-state index in [1.807, 2.05) is 22.9 Å². The molecule has 1 aromatic carbocycles. The molecule has 260 valence electrons. The number of ether oxygens (including phenoxy) is 1. The van der Waals surface area contributed by atoms with Gasteiger partial charge in [-0.15, -0.1) is 0 Å². The molecular weight excluding hydrogens is 670 g/mol. The lowest BCUT2D eigenvalue weighted by Crippen LogP contribution is -2.27. The summed E-state index contributed by atoms with van der Waals surface area (Å²) in [5.74, 6) is -8.49. The molecular formula is C26H24F10N4O7. The molecule has 47 heavy (non-hydrogen) atoms. The summed E-state index contributed by atoms with van der Waals surface area (Å²) in [6.45, 7) is 2.70. The van der Waals surface area contributed by atoms with E-state index in [1.54, 1.807) is 18.3 Å². The number of carbonyl (C=O) groups is 3. The third-order valence-corrected chi connectivity index (χ3v) is 5.22. The van der Waals surface area contributed by atoms with E-state index in [9.17, 15) is 43.9 Å². The molecule has 1 aliphatic heterocycles. The lowest BCUT2D eigenvalue weighted by molar-refractivity contribution is -0.193. The maximum Gasteiger partial charge on any atom is 0.490 e. The van der Waals surface area contributed by atoms with Crippen LogP contribution in [0.15, 0.2) is 54.9 Å². The van der Waals surface area contributed by atoms with Crippen molar-refractivity contribution in [2.45, 2.75) is 44.1 Å². The molecule has 21 heteroatoms. The topological polar surface area (TPSA) is 164 Å². The minimum atomic E-state index is -5.08. The van der Waals surface area contributed by atoms with E-state index in [0.29, 0.717) is 26.2 Å². The van der Waals surface area contributed by atoms with Crippen LogP contribution in [0, 0.1) is 5.82 Å². The van der Waals surface area contributed by atoms with E-state index in [1.165, 1.54) is 17.7 Å². The van der Waals surface area contributed by atoms with Gasteiger partial charge >= 0.3 is 36.4 Å². The van der Waals surface area contributed by atoms with Crippen molar-refractivity contribution in [2.75, 3.05) is 13.2 Å². The summed E-state index contributed by atoms with van der Waals surface area (Å²) in [6, 6.07) is 12.4. The van der Waals surface area contributed by atoms with Crippen molar-refractivity contribution < 1.29 is 78.3 Å². The Morgan fingerprint density at radius 3 is 1.81 bits per heavy atom. The monoisotopic (exact) mass is 694 g/mol. The minimum Gasteiger partial charge on any atom is -0.475 e. The fourth-order valence-corrected chi connectivity index (χ4v) is 3.18. The second-order valence-corrected chi connectivity index (χ2v) is 8.83. The third-order valence-electron chi connectivity index (χ3n) is 5.22. The Kier molecular flexibility index (Phi) is 15.2. The zero-order valence-corrected chi connectivity index (χ0v) is 23.4. The van der Waals surface area contributed by atoms with Crippen LogP contribution in [0.1, 0.15) is 28.6 Å². The molecule has 2 aromatic heterocycles. The van der Waals surface area contributed by atoms with Crippen LogP contribution in [0.5, 0.6) is 0 Å². The average molecular weight is 694 g/mol. The summed E-state index contributed by atoms with van der Waals surface area (Å²) in [4.78, 5) is 31.0. The number of aromatic nitrogens is 3. The lowest BCUT2D eigenvalue weighted by atomic mass is 10.1. The van der Waals surface area contributed by atoms with Crippen LogP contribution < -0.4 is 5.32 Å². The Hall–Kier alpha value is -4.79. The van der Waals surface area contributed by atoms with Gasteiger partial charge in [0.2, 0.25) is 0 Å². The Morgan fingerprint density at radius 2 is 1.36 bits per heavy atom. The average Bonchev–Trinajstić information content (AvgIpc) is 3.37. The van der Waals surface area contributed by atoms with Gasteiger partial charge in [0.05, 0.1) is 24.5 Å². The van der Waals surface area contributed by atoms with Crippen LogP contribution >= 0.6 is 0 Å². The Labute approximate surface area is 257 Å². The fourth-order valence-electron chi connectivity index (χ4n) is 3.18. The quantitative estimate of drug-likeness (QED) is 0.265. The van der Waals surface area contributed by atoms with Gasteiger partial charge in [-0.3, -0.25) is 9.67 Å². The largest absolute Gasteiger partial charge is 0.490 e. The molecule has 0 saturated carbocycles. The highest BCUT2D eigenvalue weighted by molar-refractivity contribution is 5.73. The number of hydrogen-bond donors (Lipinski definition) is 4. The van der Waals surface area contributed by atoms with Crippen molar-refractivity contribution in [3.05, 3.63) is 83.2 Å². The van der Waals surface area contributed by atoms with Crippen LogP contribution in [0.2, 0.25) is 0 Å². The summed E-state index contributed by atoms with van der Waals surface area (Å²) in [7, 11) is 0. The zero-order chi connectivity index (χ0) is 36.0. The summed E-state index contributed by atoms with van der Waals surface area (Å²) < 4.78 is 116. The Balaban J connectivity index is 0.000000430. The number of halogens is 10. The predicted molar refractivity (Wildman–Crippen MR) is 137 cm³/mol. The fraction of sp³-hybridized carbons (Fsp3) is 0.346. The van der Waals surface area contributed by atoms with Crippen LogP contribution in [0.25, 0.3) is 0 Å². The first-order chi connectivity index (χ1) is 21.6. The van der Waals surface area contributed by atoms with Gasteiger partial charge in [-0.1, -0.05) is 18.2 Å². The third kappa shape index (κ3) is 15.9. The standard InChI is InChI=1S/C20H21FN4O.3C2HF3O2/c21-17-6-4-15(5-7-17)11-22-12-19-20-16(8-10-26-19)13-25(24-20)14-18-3-1-2-9-23-18;3*3-2(4,5)1(6)7/h1-7,9,13,19,22H,8,10-12,14H2;3*(H,6,7). The van der Waals surface area contributed by atoms with Gasteiger partial charge in [0.25, 0.3) is 0 Å².